The van der Waals surface area contributed by atoms with Gasteiger partial charge in [0.2, 0.25) is 5.95 Å². The molecule has 2 aromatic rings. The van der Waals surface area contributed by atoms with E-state index >= 15 is 0 Å². The number of benzene rings is 1. The number of piperidine rings is 1. The van der Waals surface area contributed by atoms with Crippen molar-refractivity contribution in [2.24, 2.45) is 5.92 Å². The van der Waals surface area contributed by atoms with Crippen LogP contribution in [0.5, 0.6) is 0 Å². The van der Waals surface area contributed by atoms with Crippen molar-refractivity contribution in [2.45, 2.75) is 90.1 Å². The molecule has 1 aliphatic heterocycles. The Labute approximate surface area is 233 Å². The van der Waals surface area contributed by atoms with Gasteiger partial charge in [-0.3, -0.25) is 10.7 Å². The van der Waals surface area contributed by atoms with E-state index in [0.29, 0.717) is 29.3 Å². The Kier molecular flexibility index (Phi) is 10.8. The first-order valence-electron chi connectivity index (χ1n) is 14.5. The van der Waals surface area contributed by atoms with E-state index < -0.39 is 0 Å². The Morgan fingerprint density at radius 2 is 1.62 bits per heavy atom. The molecule has 0 radical (unpaired) electrons. The number of rotatable bonds is 14. The van der Waals surface area contributed by atoms with Crippen molar-refractivity contribution < 1.29 is 9.94 Å². The number of hydrogen-bond donors (Lipinski definition) is 4. The maximum atomic E-state index is 8.98. The van der Waals surface area contributed by atoms with Crippen molar-refractivity contribution >= 4 is 11.6 Å². The van der Waals surface area contributed by atoms with Gasteiger partial charge in [-0.1, -0.05) is 51.3 Å². The summed E-state index contributed by atoms with van der Waals surface area (Å²) >= 11 is 0. The molecule has 8 nitrogen and oxygen atoms in total. The van der Waals surface area contributed by atoms with Crippen LogP contribution >= 0.6 is 0 Å². The highest BCUT2D eigenvalue weighted by molar-refractivity contribution is 5.59. The lowest BCUT2D eigenvalue weighted by molar-refractivity contribution is 0.101. The molecule has 1 aromatic carbocycles. The maximum Gasteiger partial charge on any atom is 0.225 e. The average Bonchev–Trinajstić information content (AvgIpc) is 3.47. The fourth-order valence-corrected chi connectivity index (χ4v) is 5.37. The zero-order valence-corrected chi connectivity index (χ0v) is 23.7. The number of hydrogen-bond acceptors (Lipinski definition) is 8. The number of nitrogens with one attached hydrogen (secondary N) is 3. The van der Waals surface area contributed by atoms with Gasteiger partial charge in [-0.2, -0.15) is 0 Å². The summed E-state index contributed by atoms with van der Waals surface area (Å²) in [6.45, 7) is 16.0. The lowest BCUT2D eigenvalue weighted by atomic mass is 10.0. The van der Waals surface area contributed by atoms with E-state index in [4.69, 9.17) is 9.94 Å². The van der Waals surface area contributed by atoms with Gasteiger partial charge in [0.25, 0.3) is 0 Å². The van der Waals surface area contributed by atoms with E-state index in [1.807, 2.05) is 5.48 Å². The second-order valence-corrected chi connectivity index (χ2v) is 11.4. The van der Waals surface area contributed by atoms with Crippen LogP contribution in [0.25, 0.3) is 5.70 Å². The first-order valence-corrected chi connectivity index (χ1v) is 14.5. The van der Waals surface area contributed by atoms with E-state index in [0.717, 1.165) is 70.0 Å². The van der Waals surface area contributed by atoms with Gasteiger partial charge in [-0.05, 0) is 62.0 Å². The summed E-state index contributed by atoms with van der Waals surface area (Å²) in [5, 5.41) is 16.4. The molecule has 39 heavy (non-hydrogen) atoms. The van der Waals surface area contributed by atoms with E-state index in [9.17, 15) is 0 Å². The van der Waals surface area contributed by atoms with Crippen LogP contribution in [-0.4, -0.2) is 46.5 Å². The average molecular weight is 535 g/mol. The number of anilines is 1. The van der Waals surface area contributed by atoms with Crippen molar-refractivity contribution in [1.82, 2.24) is 26.1 Å². The van der Waals surface area contributed by atoms with Crippen LogP contribution in [0.2, 0.25) is 0 Å². The summed E-state index contributed by atoms with van der Waals surface area (Å²) in [6.07, 6.45) is 11.7. The Morgan fingerprint density at radius 3 is 2.21 bits per heavy atom. The monoisotopic (exact) mass is 534 g/mol. The smallest absolute Gasteiger partial charge is 0.225 e. The molecule has 1 saturated heterocycles. The Bertz CT molecular complexity index is 1040. The fraction of sp³-hybridized carbons (Fsp3) is 0.548. The summed E-state index contributed by atoms with van der Waals surface area (Å²) in [4.78, 5) is 11.1. The molecule has 4 rings (SSSR count). The lowest BCUT2D eigenvalue weighted by Gasteiger charge is -2.32. The summed E-state index contributed by atoms with van der Waals surface area (Å²) in [5.74, 6) is 2.20. The molecule has 0 bridgehead atoms. The predicted molar refractivity (Wildman–Crippen MR) is 157 cm³/mol. The standard InChI is InChI=1S/C31H46N6O2/c1-22(2)17-30(24(4)39-29-7-5-6-8-29)33-19-26-11-9-25(10-12-26)18-32-28-13-15-37(16-14-28)31-34-20-27(21-35-31)23(3)36-38/h9-12,20-22,28-30,32-33,36,38H,3-8,13-19H2,1-2H3/t30-/m0/s1. The number of aromatic nitrogens is 2. The Hall–Kier alpha value is -2.94. The van der Waals surface area contributed by atoms with Crippen molar-refractivity contribution in [3.05, 3.63) is 72.3 Å². The minimum absolute atomic E-state index is 0.179. The van der Waals surface area contributed by atoms with E-state index in [2.05, 4.69) is 76.8 Å². The molecule has 1 aliphatic carbocycles. The molecule has 8 heteroatoms. The van der Waals surface area contributed by atoms with E-state index in [1.54, 1.807) is 12.4 Å². The molecule has 0 spiro atoms. The van der Waals surface area contributed by atoms with Crippen molar-refractivity contribution in [2.75, 3.05) is 18.0 Å². The van der Waals surface area contributed by atoms with Crippen LogP contribution < -0.4 is 21.0 Å². The SMILES string of the molecule is C=C(NO)c1cnc(N2CCC(NCc3ccc(CN[C@@H](CC(C)C)C(=C)OC4CCCC4)cc3)CC2)nc1. The summed E-state index contributed by atoms with van der Waals surface area (Å²) in [6, 6.07) is 9.56. The van der Waals surface area contributed by atoms with Crippen LogP contribution in [0.3, 0.4) is 0 Å². The molecule has 4 N–H and O–H groups in total. The summed E-state index contributed by atoms with van der Waals surface area (Å²) < 4.78 is 6.23. The van der Waals surface area contributed by atoms with E-state index in [-0.39, 0.29) is 6.04 Å². The van der Waals surface area contributed by atoms with E-state index in [1.165, 1.54) is 24.0 Å². The summed E-state index contributed by atoms with van der Waals surface area (Å²) in [7, 11) is 0. The summed E-state index contributed by atoms with van der Waals surface area (Å²) in [5.41, 5.74) is 5.68. The third kappa shape index (κ3) is 8.78. The number of nitrogens with zero attached hydrogens (tertiary/aromatic N) is 3. The van der Waals surface area contributed by atoms with Crippen molar-refractivity contribution in [3.63, 3.8) is 0 Å². The van der Waals surface area contributed by atoms with Crippen LogP contribution in [0, 0.1) is 5.92 Å². The largest absolute Gasteiger partial charge is 0.494 e. The Balaban J connectivity index is 1.19. The molecule has 1 aromatic heterocycles. The van der Waals surface area contributed by atoms with Gasteiger partial charge < -0.3 is 20.3 Å². The van der Waals surface area contributed by atoms with Gasteiger partial charge in [0, 0.05) is 50.2 Å². The van der Waals surface area contributed by atoms with Gasteiger partial charge in [-0.25, -0.2) is 9.97 Å². The van der Waals surface area contributed by atoms with Gasteiger partial charge in [0.15, 0.2) is 0 Å². The molecular weight excluding hydrogens is 488 g/mol. The minimum Gasteiger partial charge on any atom is -0.494 e. The molecule has 2 fully saturated rings. The second kappa shape index (κ2) is 14.4. The van der Waals surface area contributed by atoms with Gasteiger partial charge in [0.05, 0.1) is 17.8 Å². The van der Waals surface area contributed by atoms with Crippen LogP contribution in [0.4, 0.5) is 5.95 Å². The van der Waals surface area contributed by atoms with Gasteiger partial charge >= 0.3 is 0 Å². The highest BCUT2D eigenvalue weighted by Gasteiger charge is 2.23. The molecule has 0 unspecified atom stereocenters. The third-order valence-corrected chi connectivity index (χ3v) is 7.79. The number of hydroxylamine groups is 1. The molecule has 2 aliphatic rings. The lowest BCUT2D eigenvalue weighted by Crippen LogP contribution is -2.42. The molecule has 1 atom stereocenters. The zero-order valence-electron chi connectivity index (χ0n) is 23.7. The van der Waals surface area contributed by atoms with Gasteiger partial charge in [0.1, 0.15) is 5.76 Å². The van der Waals surface area contributed by atoms with Crippen molar-refractivity contribution in [3.8, 4) is 0 Å². The highest BCUT2D eigenvalue weighted by atomic mass is 16.5. The van der Waals surface area contributed by atoms with Crippen LogP contribution in [-0.2, 0) is 17.8 Å². The first kappa shape index (κ1) is 29.1. The second-order valence-electron chi connectivity index (χ2n) is 11.4. The normalized spacial score (nSPS) is 17.4. The zero-order chi connectivity index (χ0) is 27.6. The highest BCUT2D eigenvalue weighted by Crippen LogP contribution is 2.25. The molecular formula is C31H46N6O2. The van der Waals surface area contributed by atoms with Gasteiger partial charge in [-0.15, -0.1) is 0 Å². The third-order valence-electron chi connectivity index (χ3n) is 7.79. The minimum atomic E-state index is 0.179. The van der Waals surface area contributed by atoms with Crippen LogP contribution in [0.1, 0.15) is 75.5 Å². The quantitative estimate of drug-likeness (QED) is 0.195. The maximum absolute atomic E-state index is 8.98. The van der Waals surface area contributed by atoms with Crippen molar-refractivity contribution in [1.29, 1.82) is 0 Å². The van der Waals surface area contributed by atoms with Crippen LogP contribution in [0.15, 0.2) is 55.6 Å². The first-order chi connectivity index (χ1) is 18.9. The molecule has 212 valence electrons. The number of ether oxygens (including phenoxy) is 1. The molecule has 0 amide bonds. The Morgan fingerprint density at radius 1 is 1.00 bits per heavy atom. The molecule has 1 saturated carbocycles. The predicted octanol–water partition coefficient (Wildman–Crippen LogP) is 5.16. The fourth-order valence-electron chi connectivity index (χ4n) is 5.37. The molecule has 2 heterocycles. The topological polar surface area (TPSA) is 94.6 Å².